The monoisotopic (exact) mass is 443 g/mol. The van der Waals surface area contributed by atoms with Crippen LogP contribution in [0.4, 0.5) is 5.69 Å². The molecule has 4 heteroatoms. The molecule has 0 saturated heterocycles. The number of para-hydroxylation sites is 1. The van der Waals surface area contributed by atoms with Crippen LogP contribution in [0.5, 0.6) is 5.75 Å². The molecule has 164 valence electrons. The molecule has 32 heavy (non-hydrogen) atoms. The minimum atomic E-state index is 0.210. The molecule has 0 unspecified atom stereocenters. The average molecular weight is 444 g/mol. The first kappa shape index (κ1) is 21.0. The number of hydrogen-bond acceptors (Lipinski definition) is 3. The molecule has 0 bridgehead atoms. The van der Waals surface area contributed by atoms with Crippen molar-refractivity contribution in [2.24, 2.45) is 5.41 Å². The molecule has 0 fully saturated rings. The topological polar surface area (TPSA) is 16.4 Å². The van der Waals surface area contributed by atoms with Crippen LogP contribution in [-0.2, 0) is 6.54 Å². The number of ether oxygens (including phenoxy) is 1. The summed E-state index contributed by atoms with van der Waals surface area (Å²) in [5.41, 5.74) is 6.62. The van der Waals surface area contributed by atoms with Gasteiger partial charge in [0.15, 0.2) is 5.75 Å². The molecule has 2 aromatic carbocycles. The summed E-state index contributed by atoms with van der Waals surface area (Å²) in [5, 5.41) is 1.32. The van der Waals surface area contributed by atoms with Gasteiger partial charge in [-0.1, -0.05) is 49.5 Å². The van der Waals surface area contributed by atoms with Crippen molar-refractivity contribution in [2.75, 3.05) is 11.9 Å². The molecule has 0 saturated carbocycles. The van der Waals surface area contributed by atoms with Crippen molar-refractivity contribution >= 4 is 33.3 Å². The average Bonchev–Trinajstić information content (AvgIpc) is 3.23. The van der Waals surface area contributed by atoms with Gasteiger partial charge in [-0.2, -0.15) is 4.57 Å². The second-order valence-corrected chi connectivity index (χ2v) is 10.8. The van der Waals surface area contributed by atoms with E-state index in [2.05, 4.69) is 105 Å². The lowest BCUT2D eigenvalue weighted by Crippen LogP contribution is -2.33. The molecule has 0 radical (unpaired) electrons. The number of allylic oxidation sites excluding steroid dienone is 4. The van der Waals surface area contributed by atoms with Crippen LogP contribution >= 0.6 is 11.3 Å². The largest absolute Gasteiger partial charge is 0.439 e. The highest BCUT2D eigenvalue weighted by molar-refractivity contribution is 7.18. The first-order valence-corrected chi connectivity index (χ1v) is 12.2. The predicted molar refractivity (Wildman–Crippen MR) is 135 cm³/mol. The Morgan fingerprint density at radius 2 is 1.94 bits per heavy atom. The van der Waals surface area contributed by atoms with E-state index in [1.807, 2.05) is 11.3 Å². The van der Waals surface area contributed by atoms with Gasteiger partial charge in [-0.15, -0.1) is 0 Å². The van der Waals surface area contributed by atoms with E-state index in [0.29, 0.717) is 0 Å². The van der Waals surface area contributed by atoms with Crippen LogP contribution in [0.3, 0.4) is 0 Å². The summed E-state index contributed by atoms with van der Waals surface area (Å²) in [6, 6.07) is 15.1. The summed E-state index contributed by atoms with van der Waals surface area (Å²) in [6.07, 6.45) is 9.11. The Morgan fingerprint density at radius 3 is 2.75 bits per heavy atom. The molecular weight excluding hydrogens is 412 g/mol. The van der Waals surface area contributed by atoms with Crippen molar-refractivity contribution in [3.05, 3.63) is 82.2 Å². The van der Waals surface area contributed by atoms with Gasteiger partial charge in [-0.25, -0.2) is 0 Å². The van der Waals surface area contributed by atoms with Gasteiger partial charge in [0.05, 0.1) is 5.69 Å². The molecule has 2 heterocycles. The number of benzene rings is 2. The lowest BCUT2D eigenvalue weighted by atomic mass is 9.75. The lowest BCUT2D eigenvalue weighted by molar-refractivity contribution is -0.665. The van der Waals surface area contributed by atoms with Crippen LogP contribution in [0, 0.1) is 12.3 Å². The first-order chi connectivity index (χ1) is 15.3. The summed E-state index contributed by atoms with van der Waals surface area (Å²) in [4.78, 5) is 2.16. The number of nitrogens with zero attached hydrogens (tertiary/aromatic N) is 2. The minimum absolute atomic E-state index is 0.210. The van der Waals surface area contributed by atoms with Gasteiger partial charge in [0.1, 0.15) is 11.2 Å². The van der Waals surface area contributed by atoms with E-state index in [1.54, 1.807) is 0 Å². The highest BCUT2D eigenvalue weighted by Gasteiger charge is 2.29. The van der Waals surface area contributed by atoms with Crippen LogP contribution < -0.4 is 14.2 Å². The number of fused-ring (bicyclic) bond motifs is 2. The maximum atomic E-state index is 6.20. The zero-order chi connectivity index (χ0) is 22.5. The van der Waals surface area contributed by atoms with Gasteiger partial charge in [-0.05, 0) is 67.0 Å². The first-order valence-electron chi connectivity index (χ1n) is 11.4. The standard InChI is InChI=1S/C28H31N2OS/c1-6-30-22-9-7-8-10-25(22)32-27(30)16-21-14-20(17-28(3,4)18-21)15-26-29(5)23-13-19(2)11-12-24(23)31-26/h7-16H,6,17-18H2,1-5H3/q+1. The number of hydrogen-bond donors (Lipinski definition) is 0. The highest BCUT2D eigenvalue weighted by Crippen LogP contribution is 2.42. The van der Waals surface area contributed by atoms with Crippen LogP contribution in [0.1, 0.15) is 44.2 Å². The van der Waals surface area contributed by atoms with Gasteiger partial charge in [-0.3, -0.25) is 0 Å². The molecule has 2 aliphatic rings. The third-order valence-corrected chi connectivity index (χ3v) is 7.44. The minimum Gasteiger partial charge on any atom is -0.439 e. The third kappa shape index (κ3) is 3.88. The number of aryl methyl sites for hydroxylation is 2. The van der Waals surface area contributed by atoms with Crippen molar-refractivity contribution in [1.82, 2.24) is 0 Å². The number of rotatable bonds is 3. The molecule has 3 nitrogen and oxygen atoms in total. The SMILES string of the molecule is CC[n+]1c(/C=C2C=C(/C=C3\Oc4ccc(C)cc4N3C)CC(C)(C)C/2)sc2ccccc21. The van der Waals surface area contributed by atoms with E-state index in [9.17, 15) is 0 Å². The van der Waals surface area contributed by atoms with Crippen LogP contribution in [0.2, 0.25) is 0 Å². The summed E-state index contributed by atoms with van der Waals surface area (Å²) in [5.74, 6) is 1.84. The van der Waals surface area contributed by atoms with Gasteiger partial charge in [0.2, 0.25) is 11.4 Å². The Bertz CT molecular complexity index is 1290. The number of anilines is 1. The van der Waals surface area contributed by atoms with E-state index < -0.39 is 0 Å². The van der Waals surface area contributed by atoms with Crippen molar-refractivity contribution in [3.63, 3.8) is 0 Å². The van der Waals surface area contributed by atoms with Crippen molar-refractivity contribution in [1.29, 1.82) is 0 Å². The lowest BCUT2D eigenvalue weighted by Gasteiger charge is -2.30. The van der Waals surface area contributed by atoms with Crippen LogP contribution in [-0.4, -0.2) is 7.05 Å². The third-order valence-electron chi connectivity index (χ3n) is 6.33. The molecule has 0 N–H and O–H groups in total. The number of thiazole rings is 1. The summed E-state index contributed by atoms with van der Waals surface area (Å²) >= 11 is 1.88. The van der Waals surface area contributed by atoms with E-state index in [0.717, 1.165) is 36.7 Å². The molecular formula is C28H31N2OS+. The fourth-order valence-electron chi connectivity index (χ4n) is 4.90. The van der Waals surface area contributed by atoms with Gasteiger partial charge in [0, 0.05) is 25.3 Å². The summed E-state index contributed by atoms with van der Waals surface area (Å²) in [7, 11) is 2.09. The summed E-state index contributed by atoms with van der Waals surface area (Å²) in [6.45, 7) is 10.0. The maximum absolute atomic E-state index is 6.20. The second-order valence-electron chi connectivity index (χ2n) is 9.72. The van der Waals surface area contributed by atoms with Crippen LogP contribution in [0.15, 0.2) is 71.6 Å². The molecule has 5 rings (SSSR count). The zero-order valence-corrected chi connectivity index (χ0v) is 20.4. The van der Waals surface area contributed by atoms with Gasteiger partial charge >= 0.3 is 0 Å². The molecule has 0 spiro atoms. The maximum Gasteiger partial charge on any atom is 0.263 e. The second kappa shape index (κ2) is 7.93. The number of aromatic nitrogens is 1. The Kier molecular flexibility index (Phi) is 5.21. The Balaban J connectivity index is 1.52. The smallest absolute Gasteiger partial charge is 0.263 e. The quantitative estimate of drug-likeness (QED) is 0.405. The van der Waals surface area contributed by atoms with E-state index in [-0.39, 0.29) is 5.41 Å². The van der Waals surface area contributed by atoms with Crippen molar-refractivity contribution in [2.45, 2.75) is 47.1 Å². The fraction of sp³-hybridized carbons (Fsp3) is 0.321. The van der Waals surface area contributed by atoms with Crippen molar-refractivity contribution in [3.8, 4) is 5.75 Å². The fourth-order valence-corrected chi connectivity index (χ4v) is 6.10. The molecule has 1 aliphatic heterocycles. The van der Waals surface area contributed by atoms with Crippen molar-refractivity contribution < 1.29 is 9.30 Å². The van der Waals surface area contributed by atoms with E-state index >= 15 is 0 Å². The summed E-state index contributed by atoms with van der Waals surface area (Å²) < 4.78 is 9.97. The van der Waals surface area contributed by atoms with Gasteiger partial charge < -0.3 is 9.64 Å². The molecule has 1 aromatic heterocycles. The molecule has 1 aliphatic carbocycles. The predicted octanol–water partition coefficient (Wildman–Crippen LogP) is 7.02. The van der Waals surface area contributed by atoms with Crippen LogP contribution in [0.25, 0.3) is 16.3 Å². The normalized spacial score (nSPS) is 20.0. The molecule has 0 atom stereocenters. The van der Waals surface area contributed by atoms with E-state index in [4.69, 9.17) is 4.74 Å². The van der Waals surface area contributed by atoms with Gasteiger partial charge in [0.25, 0.3) is 5.01 Å². The Hall–Kier alpha value is -2.85. The van der Waals surface area contributed by atoms with E-state index in [1.165, 1.54) is 31.9 Å². The molecule has 0 amide bonds. The highest BCUT2D eigenvalue weighted by atomic mass is 32.1. The zero-order valence-electron chi connectivity index (χ0n) is 19.6. The molecule has 3 aromatic rings. The Labute approximate surface area is 195 Å². The Morgan fingerprint density at radius 1 is 1.12 bits per heavy atom.